The van der Waals surface area contributed by atoms with E-state index in [0.717, 1.165) is 38.0 Å². The molecule has 0 spiro atoms. The Hall–Kier alpha value is -0.610. The van der Waals surface area contributed by atoms with E-state index in [9.17, 15) is 4.79 Å². The number of carbonyl (C=O) groups is 1. The molecule has 0 bridgehead atoms. The van der Waals surface area contributed by atoms with Gasteiger partial charge < -0.3 is 15.1 Å². The van der Waals surface area contributed by atoms with E-state index in [0.29, 0.717) is 18.5 Å². The number of amides is 1. The van der Waals surface area contributed by atoms with Crippen LogP contribution >= 0.6 is 0 Å². The van der Waals surface area contributed by atoms with Gasteiger partial charge in [-0.25, -0.2) is 0 Å². The minimum Gasteiger partial charge on any atom is -0.339 e. The second-order valence-electron chi connectivity index (χ2n) is 6.27. The Kier molecular flexibility index (Phi) is 3.57. The van der Waals surface area contributed by atoms with Gasteiger partial charge in [-0.05, 0) is 44.6 Å². The van der Waals surface area contributed by atoms with Gasteiger partial charge in [0.2, 0.25) is 5.91 Å². The summed E-state index contributed by atoms with van der Waals surface area (Å²) in [4.78, 5) is 16.4. The molecule has 1 aliphatic heterocycles. The molecular weight excluding hydrogens is 226 g/mol. The third-order valence-corrected chi connectivity index (χ3v) is 4.60. The molecule has 0 atom stereocenters. The van der Waals surface area contributed by atoms with Crippen LogP contribution in [0.4, 0.5) is 0 Å². The summed E-state index contributed by atoms with van der Waals surface area (Å²) < 4.78 is 0. The van der Waals surface area contributed by atoms with Gasteiger partial charge >= 0.3 is 0 Å². The van der Waals surface area contributed by atoms with Crippen LogP contribution in [0.15, 0.2) is 0 Å². The van der Waals surface area contributed by atoms with Crippen LogP contribution in [0.3, 0.4) is 0 Å². The summed E-state index contributed by atoms with van der Waals surface area (Å²) in [5.74, 6) is 2.05. The highest BCUT2D eigenvalue weighted by Gasteiger charge is 2.41. The summed E-state index contributed by atoms with van der Waals surface area (Å²) in [5, 5.41) is 3.55. The lowest BCUT2D eigenvalue weighted by atomic mass is 10.1. The van der Waals surface area contributed by atoms with Crippen LogP contribution in [0.25, 0.3) is 0 Å². The molecule has 1 saturated heterocycles. The molecule has 1 amide bonds. The van der Waals surface area contributed by atoms with E-state index in [2.05, 4.69) is 17.3 Å². The predicted octanol–water partition coefficient (Wildman–Crippen LogP) is 0.539. The van der Waals surface area contributed by atoms with E-state index >= 15 is 0 Å². The van der Waals surface area contributed by atoms with Gasteiger partial charge in [0.05, 0.1) is 6.54 Å². The Morgan fingerprint density at radius 3 is 2.17 bits per heavy atom. The highest BCUT2D eigenvalue weighted by Crippen LogP contribution is 2.44. The van der Waals surface area contributed by atoms with Crippen molar-refractivity contribution < 1.29 is 4.79 Å². The van der Waals surface area contributed by atoms with E-state index < -0.39 is 0 Å². The van der Waals surface area contributed by atoms with E-state index in [1.54, 1.807) is 0 Å². The van der Waals surface area contributed by atoms with E-state index in [1.165, 1.54) is 25.7 Å². The van der Waals surface area contributed by atoms with Gasteiger partial charge in [0.15, 0.2) is 0 Å². The van der Waals surface area contributed by atoms with Crippen LogP contribution < -0.4 is 5.32 Å². The topological polar surface area (TPSA) is 35.6 Å². The number of nitrogens with zero attached hydrogens (tertiary/aromatic N) is 2. The first-order chi connectivity index (χ1) is 8.74. The third-order valence-electron chi connectivity index (χ3n) is 4.60. The van der Waals surface area contributed by atoms with Crippen LogP contribution in [-0.2, 0) is 4.79 Å². The van der Waals surface area contributed by atoms with E-state index in [4.69, 9.17) is 0 Å². The lowest BCUT2D eigenvalue weighted by molar-refractivity contribution is -0.132. The summed E-state index contributed by atoms with van der Waals surface area (Å²) in [6.07, 6.45) is 5.49. The maximum Gasteiger partial charge on any atom is 0.236 e. The summed E-state index contributed by atoms with van der Waals surface area (Å²) >= 11 is 0. The molecule has 0 aromatic heterocycles. The zero-order valence-corrected chi connectivity index (χ0v) is 11.4. The fraction of sp³-hybridized carbons (Fsp3) is 0.929. The molecule has 2 aliphatic carbocycles. The van der Waals surface area contributed by atoms with Gasteiger partial charge in [0.25, 0.3) is 0 Å². The molecule has 3 aliphatic rings. The SMILES string of the molecule is CN1CCN(C(=O)CNC(C2CC2)C2CC2)CC1. The van der Waals surface area contributed by atoms with Crippen LogP contribution in [0.5, 0.6) is 0 Å². The van der Waals surface area contributed by atoms with Gasteiger partial charge in [0.1, 0.15) is 0 Å². The maximum absolute atomic E-state index is 12.1. The van der Waals surface area contributed by atoms with E-state index in [-0.39, 0.29) is 0 Å². The van der Waals surface area contributed by atoms with E-state index in [1.807, 2.05) is 4.90 Å². The number of piperazine rings is 1. The molecule has 4 heteroatoms. The Balaban J connectivity index is 1.42. The average Bonchev–Trinajstić information content (AvgIpc) is 3.24. The summed E-state index contributed by atoms with van der Waals surface area (Å²) in [5.41, 5.74) is 0. The summed E-state index contributed by atoms with van der Waals surface area (Å²) in [6, 6.07) is 0.640. The largest absolute Gasteiger partial charge is 0.339 e. The van der Waals surface area contributed by atoms with Crippen molar-refractivity contribution in [3.8, 4) is 0 Å². The highest BCUT2D eigenvalue weighted by atomic mass is 16.2. The monoisotopic (exact) mass is 251 g/mol. The molecule has 0 aromatic rings. The molecule has 1 N–H and O–H groups in total. The van der Waals surface area contributed by atoms with Crippen molar-refractivity contribution in [2.24, 2.45) is 11.8 Å². The number of hydrogen-bond acceptors (Lipinski definition) is 3. The first-order valence-corrected chi connectivity index (χ1v) is 7.44. The minimum absolute atomic E-state index is 0.300. The van der Waals surface area contributed by atoms with Gasteiger partial charge in [-0.1, -0.05) is 0 Å². The number of nitrogens with one attached hydrogen (secondary N) is 1. The molecule has 102 valence electrons. The van der Waals surface area contributed by atoms with Crippen LogP contribution in [0, 0.1) is 11.8 Å². The molecule has 4 nitrogen and oxygen atoms in total. The van der Waals surface area contributed by atoms with Crippen molar-refractivity contribution in [2.75, 3.05) is 39.8 Å². The number of hydrogen-bond donors (Lipinski definition) is 1. The predicted molar refractivity (Wildman–Crippen MR) is 71.3 cm³/mol. The van der Waals surface area contributed by atoms with Crippen molar-refractivity contribution in [2.45, 2.75) is 31.7 Å². The lowest BCUT2D eigenvalue weighted by Crippen LogP contribution is -2.50. The fourth-order valence-corrected chi connectivity index (χ4v) is 3.00. The Morgan fingerprint density at radius 1 is 1.11 bits per heavy atom. The lowest BCUT2D eigenvalue weighted by Gasteiger charge is -2.33. The maximum atomic E-state index is 12.1. The van der Waals surface area contributed by atoms with Gasteiger partial charge in [0, 0.05) is 32.2 Å². The number of rotatable bonds is 5. The first kappa shape index (κ1) is 12.4. The minimum atomic E-state index is 0.300. The standard InChI is InChI=1S/C14H25N3O/c1-16-6-8-17(9-7-16)13(18)10-15-14(11-2-3-11)12-4-5-12/h11-12,14-15H,2-10H2,1H3. The second kappa shape index (κ2) is 5.17. The van der Waals surface area contributed by atoms with Gasteiger partial charge in [-0.15, -0.1) is 0 Å². The number of carbonyl (C=O) groups excluding carboxylic acids is 1. The molecule has 0 unspecified atom stereocenters. The molecule has 0 aromatic carbocycles. The zero-order chi connectivity index (χ0) is 12.5. The summed E-state index contributed by atoms with van der Waals surface area (Å²) in [7, 11) is 2.12. The molecule has 3 rings (SSSR count). The van der Waals surface area contributed by atoms with Crippen LogP contribution in [-0.4, -0.2) is 61.5 Å². The first-order valence-electron chi connectivity index (χ1n) is 7.44. The zero-order valence-electron chi connectivity index (χ0n) is 11.4. The Bertz CT molecular complexity index is 292. The van der Waals surface area contributed by atoms with Gasteiger partial charge in [-0.2, -0.15) is 0 Å². The van der Waals surface area contributed by atoms with Crippen LogP contribution in [0.1, 0.15) is 25.7 Å². The highest BCUT2D eigenvalue weighted by molar-refractivity contribution is 5.78. The molecular formula is C14H25N3O. The molecule has 1 heterocycles. The van der Waals surface area contributed by atoms with Crippen molar-refractivity contribution in [1.29, 1.82) is 0 Å². The molecule has 0 radical (unpaired) electrons. The van der Waals surface area contributed by atoms with Gasteiger partial charge in [-0.3, -0.25) is 4.79 Å². The van der Waals surface area contributed by atoms with Crippen LogP contribution in [0.2, 0.25) is 0 Å². The molecule has 18 heavy (non-hydrogen) atoms. The number of likely N-dealkylation sites (N-methyl/N-ethyl adjacent to an activating group) is 1. The van der Waals surface area contributed by atoms with Crippen molar-refractivity contribution >= 4 is 5.91 Å². The average molecular weight is 251 g/mol. The summed E-state index contributed by atoms with van der Waals surface area (Å²) in [6.45, 7) is 4.38. The normalized spacial score (nSPS) is 25.8. The van der Waals surface area contributed by atoms with Crippen molar-refractivity contribution in [1.82, 2.24) is 15.1 Å². The molecule has 3 fully saturated rings. The quantitative estimate of drug-likeness (QED) is 0.774. The van der Waals surface area contributed by atoms with Crippen molar-refractivity contribution in [3.63, 3.8) is 0 Å². The smallest absolute Gasteiger partial charge is 0.236 e. The fourth-order valence-electron chi connectivity index (χ4n) is 3.00. The molecule has 2 saturated carbocycles. The Labute approximate surface area is 110 Å². The van der Waals surface area contributed by atoms with Crippen molar-refractivity contribution in [3.05, 3.63) is 0 Å². The second-order valence-corrected chi connectivity index (χ2v) is 6.27. The Morgan fingerprint density at radius 2 is 1.67 bits per heavy atom. The third kappa shape index (κ3) is 3.04.